The van der Waals surface area contributed by atoms with Gasteiger partial charge < -0.3 is 18.9 Å². The van der Waals surface area contributed by atoms with Crippen molar-refractivity contribution in [1.29, 1.82) is 0 Å². The fourth-order valence-electron chi connectivity index (χ4n) is 10.5. The molecule has 0 saturated heterocycles. The first-order valence-corrected chi connectivity index (χ1v) is 32.4. The molecule has 0 aliphatic rings. The minimum Gasteiger partial charge on any atom is -0.461 e. The average Bonchev–Trinajstić information content (AvgIpc) is 3.67. The second kappa shape index (κ2) is 41.1. The van der Waals surface area contributed by atoms with Crippen molar-refractivity contribution in [2.45, 2.75) is 260 Å². The van der Waals surface area contributed by atoms with Crippen LogP contribution < -0.4 is 0 Å². The molecule has 0 aliphatic carbocycles. The molecule has 0 radical (unpaired) electrons. The summed E-state index contributed by atoms with van der Waals surface area (Å²) < 4.78 is 23.1. The highest BCUT2D eigenvalue weighted by molar-refractivity contribution is 5.95. The number of hydrogen-bond donors (Lipinski definition) is 0. The molecule has 5 rings (SSSR count). The highest BCUT2D eigenvalue weighted by Crippen LogP contribution is 2.43. The highest BCUT2D eigenvalue weighted by Gasteiger charge is 2.18. The predicted molar refractivity (Wildman–Crippen MR) is 338 cm³/mol. The number of carbonyl (C=O) groups excluding carboxylic acids is 4. The van der Waals surface area contributed by atoms with Crippen LogP contribution in [0.4, 0.5) is 0 Å². The summed E-state index contributed by atoms with van der Waals surface area (Å²) in [6, 6.07) is 37.7. The minimum absolute atomic E-state index is 0.160. The molecule has 0 N–H and O–H groups in total. The van der Waals surface area contributed by atoms with Gasteiger partial charge in [-0.2, -0.15) is 0 Å². The van der Waals surface area contributed by atoms with E-state index in [-0.39, 0.29) is 50.3 Å². The summed E-state index contributed by atoms with van der Waals surface area (Å²) in [7, 11) is 0. The van der Waals surface area contributed by atoms with Crippen LogP contribution in [0, 0.1) is 0 Å². The van der Waals surface area contributed by atoms with Crippen LogP contribution in [0.15, 0.2) is 109 Å². The Morgan fingerprint density at radius 1 is 0.244 bits per heavy atom. The fourth-order valence-corrected chi connectivity index (χ4v) is 10.5. The number of carbonyl (C=O) groups is 4. The lowest BCUT2D eigenvalue weighted by molar-refractivity contribution is -0.146. The van der Waals surface area contributed by atoms with E-state index in [0.717, 1.165) is 144 Å². The maximum Gasteiger partial charge on any atom is 0.306 e. The number of hydrogen-bond acceptors (Lipinski definition) is 8. The van der Waals surface area contributed by atoms with Crippen LogP contribution in [0.2, 0.25) is 0 Å². The SMILES string of the molecule is CCCCCCCCCC(=O)OCc1ccc(-c2cc(-c3ccc(COC(=O)CCCCCCCCC)cc3)c(-c3ccc(COC(=O)CCCCCCCCC)cc3)cc2-c2ccc(COC(=O)CCCCCCCCC)cc2)cc1. The van der Waals surface area contributed by atoms with Gasteiger partial charge in [0, 0.05) is 25.7 Å². The molecule has 0 atom stereocenters. The van der Waals surface area contributed by atoms with E-state index in [4.69, 9.17) is 18.9 Å². The van der Waals surface area contributed by atoms with E-state index in [1.54, 1.807) is 0 Å². The van der Waals surface area contributed by atoms with Crippen LogP contribution in [0.25, 0.3) is 44.5 Å². The van der Waals surface area contributed by atoms with E-state index in [2.05, 4.69) is 88.4 Å². The van der Waals surface area contributed by atoms with Crippen LogP contribution in [0.3, 0.4) is 0 Å². The van der Waals surface area contributed by atoms with Crippen molar-refractivity contribution in [3.05, 3.63) is 131 Å². The lowest BCUT2D eigenvalue weighted by atomic mass is 9.85. The predicted octanol–water partition coefficient (Wildman–Crippen LogP) is 21.1. The minimum atomic E-state index is -0.160. The second-order valence-corrected chi connectivity index (χ2v) is 22.9. The van der Waals surface area contributed by atoms with Crippen molar-refractivity contribution in [3.63, 3.8) is 0 Å². The van der Waals surface area contributed by atoms with Crippen molar-refractivity contribution >= 4 is 23.9 Å². The Kier molecular flexibility index (Phi) is 33.4. The van der Waals surface area contributed by atoms with E-state index < -0.39 is 0 Å². The smallest absolute Gasteiger partial charge is 0.306 e. The molecular weight excluding hydrogens is 1020 g/mol. The molecule has 0 spiro atoms. The van der Waals surface area contributed by atoms with Crippen molar-refractivity contribution in [1.82, 2.24) is 0 Å². The summed E-state index contributed by atoms with van der Waals surface area (Å²) in [5.41, 5.74) is 11.8. The first-order chi connectivity index (χ1) is 40.2. The largest absolute Gasteiger partial charge is 0.461 e. The van der Waals surface area contributed by atoms with Crippen molar-refractivity contribution in [2.24, 2.45) is 0 Å². The van der Waals surface area contributed by atoms with E-state index in [1.807, 2.05) is 48.5 Å². The first-order valence-electron chi connectivity index (χ1n) is 32.4. The lowest BCUT2D eigenvalue weighted by Crippen LogP contribution is -2.04. The molecule has 0 amide bonds. The third kappa shape index (κ3) is 26.5. The summed E-state index contributed by atoms with van der Waals surface area (Å²) in [6.45, 7) is 9.76. The monoisotopic (exact) mass is 1120 g/mol. The molecule has 0 fully saturated rings. The molecule has 0 heterocycles. The van der Waals surface area contributed by atoms with Gasteiger partial charge in [-0.05, 0) is 105 Å². The zero-order chi connectivity index (χ0) is 58.2. The van der Waals surface area contributed by atoms with Gasteiger partial charge in [-0.1, -0.05) is 279 Å². The Morgan fingerprint density at radius 3 is 0.598 bits per heavy atom. The van der Waals surface area contributed by atoms with Crippen LogP contribution in [0.5, 0.6) is 0 Å². The van der Waals surface area contributed by atoms with Gasteiger partial charge >= 0.3 is 23.9 Å². The molecule has 0 unspecified atom stereocenters. The van der Waals surface area contributed by atoms with Crippen molar-refractivity contribution in [2.75, 3.05) is 0 Å². The summed E-state index contributed by atoms with van der Waals surface area (Å²) in [6.07, 6.45) is 33.9. The van der Waals surface area contributed by atoms with Gasteiger partial charge in [0.2, 0.25) is 0 Å². The molecule has 0 saturated carbocycles. The van der Waals surface area contributed by atoms with Crippen LogP contribution in [-0.4, -0.2) is 23.9 Å². The van der Waals surface area contributed by atoms with Crippen LogP contribution >= 0.6 is 0 Å². The molecule has 0 aromatic heterocycles. The number of esters is 4. The molecule has 8 nitrogen and oxygen atoms in total. The standard InChI is InChI=1S/C74H102O8/c1-5-9-13-17-21-25-29-33-71(75)79-55-59-37-45-63(46-38-59)67-53-69(65-49-41-61(42-50-65)57-81-73(77)35-31-27-23-19-15-11-7-3)70(66-51-43-62(44-52-66)58-82-74(78)36-32-28-24-20-16-12-8-4)54-68(67)64-47-39-60(40-48-64)56-80-72(76)34-30-26-22-18-14-10-6-2/h37-54H,5-36,55-58H2,1-4H3. The molecule has 446 valence electrons. The topological polar surface area (TPSA) is 105 Å². The molecular formula is C74H102O8. The van der Waals surface area contributed by atoms with Gasteiger partial charge in [-0.15, -0.1) is 0 Å². The second-order valence-electron chi connectivity index (χ2n) is 22.9. The number of ether oxygens (including phenoxy) is 4. The maximum atomic E-state index is 12.8. The van der Waals surface area contributed by atoms with Crippen molar-refractivity contribution in [3.8, 4) is 44.5 Å². The van der Waals surface area contributed by atoms with E-state index in [1.165, 1.54) is 103 Å². The van der Waals surface area contributed by atoms with E-state index >= 15 is 0 Å². The first kappa shape index (κ1) is 66.8. The van der Waals surface area contributed by atoms with Gasteiger partial charge in [-0.3, -0.25) is 19.2 Å². The number of benzene rings is 5. The van der Waals surface area contributed by atoms with Crippen molar-refractivity contribution < 1.29 is 38.1 Å². The molecule has 5 aromatic carbocycles. The Bertz CT molecular complexity index is 2190. The van der Waals surface area contributed by atoms with Gasteiger partial charge in [0.1, 0.15) is 26.4 Å². The summed E-state index contributed by atoms with van der Waals surface area (Å²) in [4.78, 5) is 51.1. The van der Waals surface area contributed by atoms with Gasteiger partial charge in [-0.25, -0.2) is 0 Å². The lowest BCUT2D eigenvalue weighted by Gasteiger charge is -2.19. The van der Waals surface area contributed by atoms with Crippen LogP contribution in [-0.2, 0) is 64.6 Å². The third-order valence-corrected chi connectivity index (χ3v) is 15.8. The summed E-state index contributed by atoms with van der Waals surface area (Å²) >= 11 is 0. The highest BCUT2D eigenvalue weighted by atomic mass is 16.5. The fraction of sp³-hybridized carbons (Fsp3) is 0.541. The Balaban J connectivity index is 1.41. The van der Waals surface area contributed by atoms with Crippen LogP contribution in [0.1, 0.15) is 255 Å². The van der Waals surface area contributed by atoms with Gasteiger partial charge in [0.05, 0.1) is 0 Å². The van der Waals surface area contributed by atoms with E-state index in [9.17, 15) is 19.2 Å². The van der Waals surface area contributed by atoms with Gasteiger partial charge in [0.15, 0.2) is 0 Å². The average molecular weight is 1120 g/mol. The quantitative estimate of drug-likeness (QED) is 0.0216. The molecule has 0 bridgehead atoms. The third-order valence-electron chi connectivity index (χ3n) is 15.8. The number of rotatable bonds is 44. The zero-order valence-electron chi connectivity index (χ0n) is 51.1. The maximum absolute atomic E-state index is 12.8. The Labute approximate surface area is 495 Å². The summed E-state index contributed by atoms with van der Waals surface area (Å²) in [5.74, 6) is -0.641. The molecule has 8 heteroatoms. The van der Waals surface area contributed by atoms with Gasteiger partial charge in [0.25, 0.3) is 0 Å². The normalized spacial score (nSPS) is 11.2. The number of unbranched alkanes of at least 4 members (excludes halogenated alkanes) is 24. The Hall–Kier alpha value is -6.02. The molecule has 82 heavy (non-hydrogen) atoms. The molecule has 0 aliphatic heterocycles. The summed E-state index contributed by atoms with van der Waals surface area (Å²) in [5, 5.41) is 0. The zero-order valence-corrected chi connectivity index (χ0v) is 51.1. The van der Waals surface area contributed by atoms with E-state index in [0.29, 0.717) is 25.7 Å². The molecule has 5 aromatic rings. The Morgan fingerprint density at radius 2 is 0.415 bits per heavy atom.